The van der Waals surface area contributed by atoms with Gasteiger partial charge in [0.15, 0.2) is 0 Å². The third kappa shape index (κ3) is 2.83. The van der Waals surface area contributed by atoms with Gasteiger partial charge in [-0.25, -0.2) is 0 Å². The first-order chi connectivity index (χ1) is 8.60. The molecule has 0 bridgehead atoms. The van der Waals surface area contributed by atoms with Gasteiger partial charge in [0.1, 0.15) is 5.75 Å². The molecule has 1 atom stereocenters. The van der Waals surface area contributed by atoms with Gasteiger partial charge in [-0.2, -0.15) is 0 Å². The molecule has 4 heteroatoms. The molecule has 0 saturated carbocycles. The van der Waals surface area contributed by atoms with Crippen LogP contribution < -0.4 is 4.74 Å². The maximum absolute atomic E-state index is 9.00. The second-order valence-electron chi connectivity index (χ2n) is 4.59. The lowest BCUT2D eigenvalue weighted by molar-refractivity contribution is 0.400. The Morgan fingerprint density at radius 3 is 2.44 bits per heavy atom. The number of hydrogen-bond acceptors (Lipinski definition) is 3. The molecule has 2 aromatic carbocycles. The van der Waals surface area contributed by atoms with Crippen molar-refractivity contribution in [2.75, 3.05) is 7.11 Å². The Kier molecular flexibility index (Phi) is 3.89. The molecule has 0 aliphatic rings. The summed E-state index contributed by atoms with van der Waals surface area (Å²) in [5.41, 5.74) is 1.11. The molecule has 0 aliphatic heterocycles. The lowest BCUT2D eigenvalue weighted by Gasteiger charge is -2.12. The molecule has 94 valence electrons. The first kappa shape index (κ1) is 12.9. The van der Waals surface area contributed by atoms with E-state index in [1.165, 1.54) is 0 Å². The summed E-state index contributed by atoms with van der Waals surface area (Å²) in [6.45, 7) is 1.99. The fourth-order valence-corrected chi connectivity index (χ4v) is 2.13. The highest BCUT2D eigenvalue weighted by molar-refractivity contribution is 6.41. The Labute approximate surface area is 107 Å². The molecule has 0 saturated heterocycles. The van der Waals surface area contributed by atoms with Gasteiger partial charge in [0, 0.05) is 0 Å². The molecule has 0 heterocycles. The minimum Gasteiger partial charge on any atom is -0.497 e. The molecule has 2 N–H and O–H groups in total. The zero-order valence-corrected chi connectivity index (χ0v) is 10.6. The van der Waals surface area contributed by atoms with Gasteiger partial charge in [-0.15, -0.1) is 0 Å². The van der Waals surface area contributed by atoms with E-state index in [4.69, 9.17) is 14.8 Å². The Balaban J connectivity index is 2.33. The van der Waals surface area contributed by atoms with E-state index >= 15 is 0 Å². The summed E-state index contributed by atoms with van der Waals surface area (Å²) < 4.78 is 5.19. The molecular formula is C14H17BO3. The van der Waals surface area contributed by atoms with Crippen LogP contribution in [-0.2, 0) is 0 Å². The summed E-state index contributed by atoms with van der Waals surface area (Å²) in [5, 5.41) is 20.3. The van der Waals surface area contributed by atoms with Crippen LogP contribution in [0.4, 0.5) is 0 Å². The van der Waals surface area contributed by atoms with Gasteiger partial charge >= 0.3 is 7.12 Å². The average molecular weight is 244 g/mol. The molecule has 0 spiro atoms. The van der Waals surface area contributed by atoms with Gasteiger partial charge in [-0.3, -0.25) is 0 Å². The third-order valence-electron chi connectivity index (χ3n) is 3.20. The second-order valence-corrected chi connectivity index (χ2v) is 4.59. The van der Waals surface area contributed by atoms with Gasteiger partial charge in [0.2, 0.25) is 0 Å². The van der Waals surface area contributed by atoms with Crippen molar-refractivity contribution in [1.82, 2.24) is 0 Å². The maximum Gasteiger partial charge on any atom is 0.452 e. The third-order valence-corrected chi connectivity index (χ3v) is 3.20. The highest BCUT2D eigenvalue weighted by Crippen LogP contribution is 2.26. The number of benzene rings is 2. The first-order valence-electron chi connectivity index (χ1n) is 6.04. The molecule has 2 rings (SSSR count). The van der Waals surface area contributed by atoms with Crippen LogP contribution in [0.15, 0.2) is 36.4 Å². The van der Waals surface area contributed by atoms with Crippen LogP contribution in [0.2, 0.25) is 6.32 Å². The van der Waals surface area contributed by atoms with Crippen molar-refractivity contribution >= 4 is 17.9 Å². The predicted molar refractivity (Wildman–Crippen MR) is 73.9 cm³/mol. The first-order valence-corrected chi connectivity index (χ1v) is 6.04. The molecule has 0 fully saturated rings. The van der Waals surface area contributed by atoms with Crippen molar-refractivity contribution in [3.8, 4) is 5.75 Å². The molecule has 0 radical (unpaired) electrons. The van der Waals surface area contributed by atoms with Crippen molar-refractivity contribution in [2.24, 2.45) is 0 Å². The largest absolute Gasteiger partial charge is 0.497 e. The molecule has 0 aromatic heterocycles. The molecule has 2 aromatic rings. The van der Waals surface area contributed by atoms with Crippen LogP contribution in [-0.4, -0.2) is 24.3 Å². The molecular weight excluding hydrogens is 227 g/mol. The van der Waals surface area contributed by atoms with Crippen molar-refractivity contribution in [2.45, 2.75) is 19.2 Å². The Hall–Kier alpha value is -1.52. The Morgan fingerprint density at radius 1 is 1.11 bits per heavy atom. The molecule has 3 nitrogen and oxygen atoms in total. The molecule has 1 unspecified atom stereocenters. The topological polar surface area (TPSA) is 49.7 Å². The summed E-state index contributed by atoms with van der Waals surface area (Å²) in [7, 11) is 0.395. The van der Waals surface area contributed by atoms with Gasteiger partial charge < -0.3 is 14.8 Å². The number of methoxy groups -OCH3 is 1. The minimum atomic E-state index is -1.26. The normalized spacial score (nSPS) is 12.4. The Morgan fingerprint density at radius 2 is 1.78 bits per heavy atom. The fraction of sp³-hybridized carbons (Fsp3) is 0.286. The molecule has 0 amide bonds. The maximum atomic E-state index is 9.00. The van der Waals surface area contributed by atoms with E-state index < -0.39 is 7.12 Å². The van der Waals surface area contributed by atoms with E-state index in [9.17, 15) is 0 Å². The van der Waals surface area contributed by atoms with Crippen LogP contribution in [0.1, 0.15) is 18.4 Å². The smallest absolute Gasteiger partial charge is 0.452 e. The second kappa shape index (κ2) is 5.42. The van der Waals surface area contributed by atoms with E-state index in [0.717, 1.165) is 22.1 Å². The average Bonchev–Trinajstić information content (AvgIpc) is 2.36. The van der Waals surface area contributed by atoms with Gasteiger partial charge in [-0.1, -0.05) is 31.2 Å². The van der Waals surface area contributed by atoms with Crippen molar-refractivity contribution < 1.29 is 14.8 Å². The summed E-state index contributed by atoms with van der Waals surface area (Å²) >= 11 is 0. The van der Waals surface area contributed by atoms with Crippen LogP contribution >= 0.6 is 0 Å². The predicted octanol–water partition coefficient (Wildman–Crippen LogP) is 2.42. The summed E-state index contributed by atoms with van der Waals surface area (Å²) in [5.74, 6) is 0.964. The Bertz CT molecular complexity index is 540. The minimum absolute atomic E-state index is 0.122. The number of ether oxygens (including phenoxy) is 1. The number of fused-ring (bicyclic) bond motifs is 1. The zero-order valence-electron chi connectivity index (χ0n) is 10.6. The van der Waals surface area contributed by atoms with E-state index in [-0.39, 0.29) is 5.92 Å². The van der Waals surface area contributed by atoms with Crippen LogP contribution in [0.25, 0.3) is 10.8 Å². The van der Waals surface area contributed by atoms with Crippen LogP contribution in [0.5, 0.6) is 5.75 Å². The van der Waals surface area contributed by atoms with Crippen LogP contribution in [0.3, 0.4) is 0 Å². The van der Waals surface area contributed by atoms with Gasteiger partial charge in [0.25, 0.3) is 0 Å². The lowest BCUT2D eigenvalue weighted by atomic mass is 9.76. The van der Waals surface area contributed by atoms with Gasteiger partial charge in [-0.05, 0) is 40.7 Å². The summed E-state index contributed by atoms with van der Waals surface area (Å²) in [6.07, 6.45) is 0.349. The van der Waals surface area contributed by atoms with E-state index in [1.54, 1.807) is 7.11 Å². The fourth-order valence-electron chi connectivity index (χ4n) is 2.13. The van der Waals surface area contributed by atoms with Crippen molar-refractivity contribution in [1.29, 1.82) is 0 Å². The van der Waals surface area contributed by atoms with E-state index in [0.29, 0.717) is 6.32 Å². The van der Waals surface area contributed by atoms with Crippen molar-refractivity contribution in [3.63, 3.8) is 0 Å². The van der Waals surface area contributed by atoms with E-state index in [1.807, 2.05) is 37.3 Å². The zero-order chi connectivity index (χ0) is 13.1. The quantitative estimate of drug-likeness (QED) is 0.812. The monoisotopic (exact) mass is 244 g/mol. The number of rotatable bonds is 4. The van der Waals surface area contributed by atoms with Crippen LogP contribution in [0, 0.1) is 0 Å². The lowest BCUT2D eigenvalue weighted by Crippen LogP contribution is -2.13. The highest BCUT2D eigenvalue weighted by Gasteiger charge is 2.14. The summed E-state index contributed by atoms with van der Waals surface area (Å²) in [6, 6.07) is 12.1. The van der Waals surface area contributed by atoms with E-state index in [2.05, 4.69) is 6.07 Å². The van der Waals surface area contributed by atoms with Gasteiger partial charge in [0.05, 0.1) is 7.11 Å². The molecule has 0 aliphatic carbocycles. The standard InChI is InChI=1S/C14H17BO3/c1-10(9-15(16)17)11-3-4-13-8-14(18-2)6-5-12(13)7-11/h3-8,10,16-17H,9H2,1-2H3. The number of hydrogen-bond donors (Lipinski definition) is 2. The highest BCUT2D eigenvalue weighted by atomic mass is 16.5. The molecule has 18 heavy (non-hydrogen) atoms. The SMILES string of the molecule is COc1ccc2cc(C(C)CB(O)O)ccc2c1. The summed E-state index contributed by atoms with van der Waals surface area (Å²) in [4.78, 5) is 0. The van der Waals surface area contributed by atoms with Crippen molar-refractivity contribution in [3.05, 3.63) is 42.0 Å².